The third-order valence-corrected chi connectivity index (χ3v) is 11.4. The van der Waals surface area contributed by atoms with Gasteiger partial charge in [0.1, 0.15) is 59.8 Å². The molecule has 1 aliphatic rings. The molecule has 5 rings (SSSR count). The molecule has 0 unspecified atom stereocenters. The second kappa shape index (κ2) is 22.2. The molecule has 1 aromatic heterocycles. The smallest absolute Gasteiger partial charge is 0.326 e. The highest BCUT2D eigenvalue weighted by Gasteiger charge is 2.37. The van der Waals surface area contributed by atoms with Crippen LogP contribution in [0.15, 0.2) is 48.5 Å². The second-order valence-corrected chi connectivity index (χ2v) is 17.6. The number of aryl methyl sites for hydroxylation is 1. The number of benzene rings is 3. The summed E-state index contributed by atoms with van der Waals surface area (Å²) in [5.41, 5.74) is 25.2. The largest absolute Gasteiger partial charge is 0.507 e. The van der Waals surface area contributed by atoms with E-state index < -0.39 is 72.2 Å². The summed E-state index contributed by atoms with van der Waals surface area (Å²) in [5.74, 6) is -5.63. The lowest BCUT2D eigenvalue weighted by molar-refractivity contribution is -0.143. The average molecular weight is 943 g/mol. The van der Waals surface area contributed by atoms with E-state index in [0.29, 0.717) is 18.5 Å². The molecule has 2 heterocycles. The zero-order valence-corrected chi connectivity index (χ0v) is 39.0. The van der Waals surface area contributed by atoms with E-state index >= 15 is 0 Å². The predicted molar refractivity (Wildman–Crippen MR) is 252 cm³/mol. The van der Waals surface area contributed by atoms with E-state index in [2.05, 4.69) is 25.9 Å². The number of ether oxygens (including phenoxy) is 2. The third-order valence-electron chi connectivity index (χ3n) is 11.4. The molecular weight excluding hydrogens is 881 g/mol. The molecule has 15 N–H and O–H groups in total. The standard InChI is InChI=1S/C47H62N10O11/c1-23-37(40(51)56-41(52-23)29-10-9-27(20-34(29)59)47(3,4)5)43(62)54-32(12-14-49)45(64)57(6)38-26-18-31(39(60)36(19-26)68-22-28(58)21-50)30-16-25(8-11-35(30)67-15-7-13-48)17-33(46(65)66)55-42(61)24(2)53-44(38)63/h8-11,16,18-20,24,28,32-33,38,58-60H,7,12-15,17,21-22,48-50H2,1-6H3,(H,53,63)(H,54,62)(H,55,61)(H,65,66)(H2,51,52,56)/t24-,28+,32-,33-,38-/m0/s1. The Hall–Kier alpha value is -7.07. The number of carbonyl (C=O) groups is 5. The van der Waals surface area contributed by atoms with E-state index in [1.807, 2.05) is 26.8 Å². The minimum Gasteiger partial charge on any atom is -0.507 e. The van der Waals surface area contributed by atoms with Gasteiger partial charge in [-0.05, 0) is 98.3 Å². The van der Waals surface area contributed by atoms with Gasteiger partial charge < -0.3 is 73.7 Å². The van der Waals surface area contributed by atoms with Gasteiger partial charge in [-0.2, -0.15) is 0 Å². The van der Waals surface area contributed by atoms with Crippen LogP contribution in [-0.4, -0.2) is 129 Å². The van der Waals surface area contributed by atoms with E-state index in [1.54, 1.807) is 30.3 Å². The molecule has 4 bridgehead atoms. The van der Waals surface area contributed by atoms with Crippen LogP contribution in [0.2, 0.25) is 0 Å². The lowest BCUT2D eigenvalue weighted by atomic mass is 9.86. The van der Waals surface area contributed by atoms with Gasteiger partial charge in [0.25, 0.3) is 5.91 Å². The van der Waals surface area contributed by atoms with Crippen molar-refractivity contribution in [2.75, 3.05) is 45.6 Å². The topological polar surface area (TPSA) is 354 Å². The zero-order valence-electron chi connectivity index (χ0n) is 39.0. The molecule has 21 heteroatoms. The molecule has 3 aromatic carbocycles. The number of amides is 4. The number of likely N-dealkylation sites (N-methyl/N-ethyl adjacent to an activating group) is 1. The number of aliphatic hydroxyl groups is 1. The first-order valence-corrected chi connectivity index (χ1v) is 22.0. The highest BCUT2D eigenvalue weighted by Crippen LogP contribution is 2.45. The number of phenols is 2. The molecule has 0 aliphatic carbocycles. The van der Waals surface area contributed by atoms with Gasteiger partial charge in [0.05, 0.1) is 17.9 Å². The van der Waals surface area contributed by atoms with Crippen LogP contribution in [0, 0.1) is 6.92 Å². The molecule has 4 amide bonds. The van der Waals surface area contributed by atoms with Crippen molar-refractivity contribution < 1.29 is 53.9 Å². The number of nitrogens with two attached hydrogens (primary N) is 4. The Morgan fingerprint density at radius 1 is 0.926 bits per heavy atom. The van der Waals surface area contributed by atoms with Crippen molar-refractivity contribution in [2.24, 2.45) is 17.2 Å². The lowest BCUT2D eigenvalue weighted by Crippen LogP contribution is -2.55. The van der Waals surface area contributed by atoms with Crippen LogP contribution in [0.5, 0.6) is 23.0 Å². The fraction of sp³-hybridized carbons (Fsp3) is 0.426. The Morgan fingerprint density at radius 2 is 1.65 bits per heavy atom. The Kier molecular flexibility index (Phi) is 16.9. The normalized spacial score (nSPS) is 17.2. The molecule has 0 saturated heterocycles. The maximum atomic E-state index is 14.8. The monoisotopic (exact) mass is 942 g/mol. The summed E-state index contributed by atoms with van der Waals surface area (Å²) < 4.78 is 12.0. The SMILES string of the molecule is Cc1nc(-c2ccc(C(C)(C)C)cc2O)nc(N)c1C(=O)N[C@@H](CCN)C(=O)N(C)[C@@H]1C(=O)N[C@@H](C)C(=O)N[C@H](C(=O)O)Cc2ccc(OCCCN)c(c2)-c2cc1cc(OC[C@H](O)CN)c2O. The molecule has 0 saturated carbocycles. The molecule has 5 atom stereocenters. The molecule has 0 fully saturated rings. The molecule has 21 nitrogen and oxygen atoms in total. The van der Waals surface area contributed by atoms with Crippen LogP contribution in [-0.2, 0) is 31.0 Å². The van der Waals surface area contributed by atoms with Crippen LogP contribution >= 0.6 is 0 Å². The molecule has 1 aliphatic heterocycles. The minimum atomic E-state index is -1.66. The summed E-state index contributed by atoms with van der Waals surface area (Å²) in [6.45, 7) is 8.54. The summed E-state index contributed by atoms with van der Waals surface area (Å²) in [6.07, 6.45) is -1.09. The summed E-state index contributed by atoms with van der Waals surface area (Å²) in [6, 6.07) is 6.59. The number of carboxylic acid groups (broad SMARTS) is 1. The van der Waals surface area contributed by atoms with Gasteiger partial charge in [-0.15, -0.1) is 0 Å². The number of nitrogens with zero attached hydrogens (tertiary/aromatic N) is 3. The number of aromatic hydroxyl groups is 2. The quantitative estimate of drug-likeness (QED) is 0.0701. The summed E-state index contributed by atoms with van der Waals surface area (Å²) >= 11 is 0. The number of anilines is 1. The van der Waals surface area contributed by atoms with Crippen molar-refractivity contribution in [3.63, 3.8) is 0 Å². The average Bonchev–Trinajstić information content (AvgIpc) is 3.27. The Labute approximate surface area is 393 Å². The van der Waals surface area contributed by atoms with Gasteiger partial charge in [0, 0.05) is 31.1 Å². The van der Waals surface area contributed by atoms with Gasteiger partial charge in [0.15, 0.2) is 17.3 Å². The van der Waals surface area contributed by atoms with Gasteiger partial charge in [-0.25, -0.2) is 14.8 Å². The third kappa shape index (κ3) is 12.1. The number of fused-ring (bicyclic) bond motifs is 5. The van der Waals surface area contributed by atoms with Gasteiger partial charge in [-0.1, -0.05) is 32.9 Å². The van der Waals surface area contributed by atoms with E-state index in [4.69, 9.17) is 32.4 Å². The Bertz CT molecular complexity index is 2510. The zero-order chi connectivity index (χ0) is 50.2. The number of nitrogen functional groups attached to an aromatic ring is 1. The number of aliphatic hydroxyl groups excluding tert-OH is 1. The maximum Gasteiger partial charge on any atom is 0.326 e. The highest BCUT2D eigenvalue weighted by atomic mass is 16.5. The summed E-state index contributed by atoms with van der Waals surface area (Å²) in [4.78, 5) is 79.2. The summed E-state index contributed by atoms with van der Waals surface area (Å²) in [5, 5.41) is 51.0. The number of phenolic OH excluding ortho intramolecular Hbond substituents is 2. The predicted octanol–water partition coefficient (Wildman–Crippen LogP) is 1.11. The first kappa shape index (κ1) is 51.9. The number of carbonyl (C=O) groups excluding carboxylic acids is 4. The van der Waals surface area contributed by atoms with E-state index in [-0.39, 0.29) is 100 Å². The van der Waals surface area contributed by atoms with Crippen molar-refractivity contribution in [3.05, 3.63) is 76.5 Å². The number of hydrogen-bond donors (Lipinski definition) is 11. The molecule has 4 aromatic rings. The van der Waals surface area contributed by atoms with Crippen LogP contribution in [0.1, 0.15) is 79.3 Å². The van der Waals surface area contributed by atoms with Crippen molar-refractivity contribution >= 4 is 35.4 Å². The van der Waals surface area contributed by atoms with Crippen molar-refractivity contribution in [3.8, 4) is 45.5 Å². The van der Waals surface area contributed by atoms with Crippen molar-refractivity contribution in [1.29, 1.82) is 0 Å². The molecular formula is C47H62N10O11. The first-order chi connectivity index (χ1) is 32.1. The van der Waals surface area contributed by atoms with Gasteiger partial charge >= 0.3 is 5.97 Å². The fourth-order valence-electron chi connectivity index (χ4n) is 7.51. The fourth-order valence-corrected chi connectivity index (χ4v) is 7.51. The van der Waals surface area contributed by atoms with Crippen LogP contribution in [0.4, 0.5) is 5.82 Å². The maximum absolute atomic E-state index is 14.8. The number of hydrogen-bond acceptors (Lipinski definition) is 16. The molecule has 68 heavy (non-hydrogen) atoms. The number of rotatable bonds is 16. The van der Waals surface area contributed by atoms with Crippen LogP contribution in [0.25, 0.3) is 22.5 Å². The Morgan fingerprint density at radius 3 is 2.26 bits per heavy atom. The second-order valence-electron chi connectivity index (χ2n) is 17.6. The molecule has 0 radical (unpaired) electrons. The van der Waals surface area contributed by atoms with Gasteiger partial charge in [-0.3, -0.25) is 19.2 Å². The van der Waals surface area contributed by atoms with E-state index in [9.17, 15) is 44.4 Å². The minimum absolute atomic E-state index is 0.0173. The van der Waals surface area contributed by atoms with Crippen LogP contribution < -0.4 is 48.4 Å². The number of carboxylic acids is 1. The van der Waals surface area contributed by atoms with E-state index in [1.165, 1.54) is 33.0 Å². The number of nitrogens with one attached hydrogen (secondary N) is 3. The van der Waals surface area contributed by atoms with Crippen LogP contribution in [0.3, 0.4) is 0 Å². The molecule has 366 valence electrons. The van der Waals surface area contributed by atoms with Gasteiger partial charge in [0.2, 0.25) is 17.7 Å². The highest BCUT2D eigenvalue weighted by molar-refractivity contribution is 6.02. The number of aromatic nitrogens is 2. The van der Waals surface area contributed by atoms with E-state index in [0.717, 1.165) is 10.5 Å². The van der Waals surface area contributed by atoms with Crippen molar-refractivity contribution in [1.82, 2.24) is 30.8 Å². The summed E-state index contributed by atoms with van der Waals surface area (Å²) in [7, 11) is 1.28. The lowest BCUT2D eigenvalue weighted by Gasteiger charge is -2.33. The Balaban J connectivity index is 1.62. The van der Waals surface area contributed by atoms with Crippen molar-refractivity contribution in [2.45, 2.75) is 89.6 Å². The number of aliphatic carboxylic acids is 1. The molecule has 0 spiro atoms. The first-order valence-electron chi connectivity index (χ1n) is 22.0.